The number of alkyl halides is 3. The average molecular weight is 633 g/mol. The summed E-state index contributed by atoms with van der Waals surface area (Å²) in [6.45, 7) is 6.07. The van der Waals surface area contributed by atoms with Crippen molar-refractivity contribution in [2.75, 3.05) is 17.2 Å². The standard InChI is InChI=1S/C32H27F3N6O3S/c1-20(2)26-14-9-21(3)16-27(26)41-28(42)18-45-31(41)38-30(43)36-15-5-7-22-6-4-8-23(17-22)29-37-19-40(39-29)24-10-12-25(13-11-24)44-32(33,34)35/h4,6,8-14,16-17,19-20H,15,18H2,1-3H3,(H,36,43). The van der Waals surface area contributed by atoms with E-state index >= 15 is 0 Å². The number of carbonyl (C=O) groups is 2. The van der Waals surface area contributed by atoms with Crippen molar-refractivity contribution >= 4 is 34.6 Å². The van der Waals surface area contributed by atoms with Gasteiger partial charge in [-0.05, 0) is 66.4 Å². The SMILES string of the molecule is Cc1ccc(C(C)C)c(N2C(=O)CSC2=NC(=O)NCC#Cc2cccc(-c3ncn(-c4ccc(OC(F)(F)F)cc4)n3)c2)c1. The van der Waals surface area contributed by atoms with Crippen molar-refractivity contribution in [3.8, 4) is 34.7 Å². The number of aliphatic imine (C=N–C) groups is 1. The monoisotopic (exact) mass is 632 g/mol. The van der Waals surface area contributed by atoms with Gasteiger partial charge in [-0.2, -0.15) is 4.99 Å². The van der Waals surface area contributed by atoms with E-state index in [9.17, 15) is 22.8 Å². The Bertz CT molecular complexity index is 1820. The van der Waals surface area contributed by atoms with Gasteiger partial charge < -0.3 is 10.1 Å². The molecule has 2 heterocycles. The van der Waals surface area contributed by atoms with E-state index in [1.165, 1.54) is 51.9 Å². The maximum atomic E-state index is 12.7. The third-order valence-electron chi connectivity index (χ3n) is 6.52. The first kappa shape index (κ1) is 31.3. The fraction of sp³-hybridized carbons (Fsp3) is 0.219. The number of anilines is 1. The lowest BCUT2D eigenvalue weighted by Crippen LogP contribution is -2.32. The Hall–Kier alpha value is -5.09. The number of amides is 3. The Balaban J connectivity index is 1.22. The zero-order chi connectivity index (χ0) is 32.1. The third-order valence-corrected chi connectivity index (χ3v) is 7.44. The largest absolute Gasteiger partial charge is 0.573 e. The molecule has 1 aliphatic rings. The molecule has 45 heavy (non-hydrogen) atoms. The lowest BCUT2D eigenvalue weighted by atomic mass is 9.99. The van der Waals surface area contributed by atoms with Crippen LogP contribution >= 0.6 is 11.8 Å². The zero-order valence-electron chi connectivity index (χ0n) is 24.4. The van der Waals surface area contributed by atoms with E-state index in [1.54, 1.807) is 24.3 Å². The van der Waals surface area contributed by atoms with E-state index in [0.717, 1.165) is 16.8 Å². The first-order valence-electron chi connectivity index (χ1n) is 13.8. The highest BCUT2D eigenvalue weighted by molar-refractivity contribution is 8.15. The van der Waals surface area contributed by atoms with Crippen molar-refractivity contribution in [1.29, 1.82) is 0 Å². The number of ether oxygens (including phenoxy) is 1. The van der Waals surface area contributed by atoms with Crippen LogP contribution in [0.4, 0.5) is 23.7 Å². The first-order chi connectivity index (χ1) is 21.5. The second-order valence-electron chi connectivity index (χ2n) is 10.2. The van der Waals surface area contributed by atoms with Crippen LogP contribution in [0.15, 0.2) is 78.0 Å². The van der Waals surface area contributed by atoms with Crippen molar-refractivity contribution in [2.24, 2.45) is 4.99 Å². The molecule has 0 radical (unpaired) electrons. The Morgan fingerprint density at radius 3 is 2.64 bits per heavy atom. The van der Waals surface area contributed by atoms with E-state index in [2.05, 4.69) is 37.0 Å². The van der Waals surface area contributed by atoms with Gasteiger partial charge in [0.05, 0.1) is 23.7 Å². The predicted octanol–water partition coefficient (Wildman–Crippen LogP) is 6.46. The molecule has 9 nitrogen and oxygen atoms in total. The first-order valence-corrected chi connectivity index (χ1v) is 14.8. The number of urea groups is 1. The summed E-state index contributed by atoms with van der Waals surface area (Å²) < 4.78 is 42.6. The topological polar surface area (TPSA) is 102 Å². The van der Waals surface area contributed by atoms with Crippen molar-refractivity contribution in [1.82, 2.24) is 20.1 Å². The molecule has 1 N–H and O–H groups in total. The Morgan fingerprint density at radius 2 is 1.91 bits per heavy atom. The van der Waals surface area contributed by atoms with Gasteiger partial charge in [-0.1, -0.05) is 61.7 Å². The zero-order valence-corrected chi connectivity index (χ0v) is 25.2. The van der Waals surface area contributed by atoms with Crippen molar-refractivity contribution in [2.45, 2.75) is 33.1 Å². The molecule has 3 amide bonds. The molecule has 4 aromatic rings. The summed E-state index contributed by atoms with van der Waals surface area (Å²) >= 11 is 1.22. The van der Waals surface area contributed by atoms with E-state index in [1.807, 2.05) is 39.0 Å². The number of hydrogen-bond acceptors (Lipinski definition) is 6. The Kier molecular flexibility index (Phi) is 9.24. The fourth-order valence-electron chi connectivity index (χ4n) is 4.47. The van der Waals surface area contributed by atoms with E-state index < -0.39 is 12.4 Å². The van der Waals surface area contributed by atoms with Crippen LogP contribution in [0.3, 0.4) is 0 Å². The number of thioether (sulfide) groups is 1. The van der Waals surface area contributed by atoms with Gasteiger partial charge in [-0.25, -0.2) is 14.5 Å². The molecule has 0 atom stereocenters. The molecule has 13 heteroatoms. The van der Waals surface area contributed by atoms with Crippen molar-refractivity contribution in [3.63, 3.8) is 0 Å². The Morgan fingerprint density at radius 1 is 1.13 bits per heavy atom. The summed E-state index contributed by atoms with van der Waals surface area (Å²) in [4.78, 5) is 35.3. The van der Waals surface area contributed by atoms with Gasteiger partial charge in [0.25, 0.3) is 0 Å². The molecule has 1 saturated heterocycles. The quantitative estimate of drug-likeness (QED) is 0.245. The fourth-order valence-corrected chi connectivity index (χ4v) is 5.32. The van der Waals surface area contributed by atoms with Gasteiger partial charge in [0.15, 0.2) is 11.0 Å². The number of nitrogens with zero attached hydrogens (tertiary/aromatic N) is 5. The smallest absolute Gasteiger partial charge is 0.406 e. The van der Waals surface area contributed by atoms with Gasteiger partial charge in [0.1, 0.15) is 12.1 Å². The number of aryl methyl sites for hydroxylation is 1. The van der Waals surface area contributed by atoms with Gasteiger partial charge in [-0.3, -0.25) is 9.69 Å². The second kappa shape index (κ2) is 13.3. The molecule has 1 fully saturated rings. The molecule has 3 aromatic carbocycles. The van der Waals surface area contributed by atoms with E-state index in [0.29, 0.717) is 27.8 Å². The lowest BCUT2D eigenvalue weighted by molar-refractivity contribution is -0.274. The average Bonchev–Trinajstić information content (AvgIpc) is 3.62. The molecule has 0 bridgehead atoms. The number of aromatic nitrogens is 3. The molecular formula is C32H27F3N6O3S. The highest BCUT2D eigenvalue weighted by atomic mass is 32.2. The van der Waals surface area contributed by atoms with Crippen molar-refractivity contribution < 1.29 is 27.5 Å². The van der Waals surface area contributed by atoms with E-state index in [-0.39, 0.29) is 29.9 Å². The van der Waals surface area contributed by atoms with E-state index in [4.69, 9.17) is 0 Å². The number of halogens is 3. The highest BCUT2D eigenvalue weighted by Gasteiger charge is 2.33. The van der Waals surface area contributed by atoms with Gasteiger partial charge in [0, 0.05) is 11.1 Å². The van der Waals surface area contributed by atoms with Gasteiger partial charge in [-0.15, -0.1) is 18.3 Å². The number of carbonyl (C=O) groups excluding carboxylic acids is 2. The number of rotatable bonds is 6. The lowest BCUT2D eigenvalue weighted by Gasteiger charge is -2.22. The molecule has 0 unspecified atom stereocenters. The molecule has 1 aromatic heterocycles. The van der Waals surface area contributed by atoms with Crippen LogP contribution in [0.1, 0.15) is 36.5 Å². The maximum Gasteiger partial charge on any atom is 0.573 e. The van der Waals surface area contributed by atoms with Crippen LogP contribution in [0, 0.1) is 18.8 Å². The minimum Gasteiger partial charge on any atom is -0.406 e. The van der Waals surface area contributed by atoms with Crippen LogP contribution in [0.5, 0.6) is 5.75 Å². The number of nitrogens with one attached hydrogen (secondary N) is 1. The molecule has 0 aliphatic carbocycles. The number of hydrogen-bond donors (Lipinski definition) is 1. The minimum absolute atomic E-state index is 0.0288. The molecule has 5 rings (SSSR count). The van der Waals surface area contributed by atoms with Crippen LogP contribution in [-0.4, -0.2) is 50.5 Å². The summed E-state index contributed by atoms with van der Waals surface area (Å²) in [7, 11) is 0. The molecule has 1 aliphatic heterocycles. The number of amidine groups is 1. The number of benzene rings is 3. The second-order valence-corrected chi connectivity index (χ2v) is 11.2. The molecule has 230 valence electrons. The molecule has 0 saturated carbocycles. The molecule has 0 spiro atoms. The normalized spacial score (nSPS) is 14.1. The molecular weight excluding hydrogens is 605 g/mol. The summed E-state index contributed by atoms with van der Waals surface area (Å²) in [5.41, 5.74) is 4.56. The van der Waals surface area contributed by atoms with Gasteiger partial charge in [0.2, 0.25) is 5.91 Å². The maximum absolute atomic E-state index is 12.7. The Labute approximate surface area is 261 Å². The van der Waals surface area contributed by atoms with Crippen molar-refractivity contribution in [3.05, 3.63) is 89.7 Å². The van der Waals surface area contributed by atoms with Crippen LogP contribution < -0.4 is 15.0 Å². The van der Waals surface area contributed by atoms with Crippen LogP contribution in [0.2, 0.25) is 0 Å². The minimum atomic E-state index is -4.77. The summed E-state index contributed by atoms with van der Waals surface area (Å²) in [6.07, 6.45) is -3.32. The summed E-state index contributed by atoms with van der Waals surface area (Å²) in [5, 5.41) is 7.38. The van der Waals surface area contributed by atoms with Gasteiger partial charge >= 0.3 is 12.4 Å². The summed E-state index contributed by atoms with van der Waals surface area (Å²) in [5.74, 6) is 6.18. The van der Waals surface area contributed by atoms with Crippen LogP contribution in [0.25, 0.3) is 17.1 Å². The van der Waals surface area contributed by atoms with Crippen LogP contribution in [-0.2, 0) is 4.79 Å². The highest BCUT2D eigenvalue weighted by Crippen LogP contribution is 2.34. The summed E-state index contributed by atoms with van der Waals surface area (Å²) in [6, 6.07) is 17.7. The third kappa shape index (κ3) is 7.90. The predicted molar refractivity (Wildman–Crippen MR) is 166 cm³/mol.